The number of carbonyl (C=O) groups excluding carboxylic acids is 1. The summed E-state index contributed by atoms with van der Waals surface area (Å²) < 4.78 is 0. The molecule has 4 N–H and O–H groups in total. The maximum Gasteiger partial charge on any atom is 0.332 e. The molecule has 0 bridgehead atoms. The summed E-state index contributed by atoms with van der Waals surface area (Å²) in [5.74, 6) is -1.30. The Morgan fingerprint density at radius 3 is 2.72 bits per heavy atom. The summed E-state index contributed by atoms with van der Waals surface area (Å²) >= 11 is 0. The molecule has 1 aromatic rings. The highest BCUT2D eigenvalue weighted by molar-refractivity contribution is 5.89. The second-order valence-electron chi connectivity index (χ2n) is 3.89. The predicted octanol–water partition coefficient (Wildman–Crippen LogP) is 0.952. The third-order valence-corrected chi connectivity index (χ3v) is 2.26. The standard InChI is InChI=1S/C12H16N2O4/c1-8-3-2-4-9(7-8)14-12(18)13-6-5-10(15)11(16)17/h2-4,7,10,15H,5-6H2,1H3,(H,16,17)(H2,13,14,18)/t10-/m0/s1. The summed E-state index contributed by atoms with van der Waals surface area (Å²) in [4.78, 5) is 21.7. The molecule has 2 amide bonds. The lowest BCUT2D eigenvalue weighted by Gasteiger charge is -2.09. The zero-order valence-electron chi connectivity index (χ0n) is 10.0. The van der Waals surface area contributed by atoms with E-state index >= 15 is 0 Å². The predicted molar refractivity (Wildman–Crippen MR) is 66.5 cm³/mol. The van der Waals surface area contributed by atoms with Crippen LogP contribution in [-0.4, -0.2) is 34.9 Å². The summed E-state index contributed by atoms with van der Waals surface area (Å²) in [6.07, 6.45) is -1.49. The number of aliphatic carboxylic acids is 1. The van der Waals surface area contributed by atoms with E-state index in [0.29, 0.717) is 5.69 Å². The lowest BCUT2D eigenvalue weighted by atomic mass is 10.2. The zero-order chi connectivity index (χ0) is 13.5. The number of urea groups is 1. The Morgan fingerprint density at radius 2 is 2.11 bits per heavy atom. The number of hydrogen-bond donors (Lipinski definition) is 4. The van der Waals surface area contributed by atoms with Crippen molar-refractivity contribution in [1.82, 2.24) is 5.32 Å². The van der Waals surface area contributed by atoms with Crippen LogP contribution in [0.25, 0.3) is 0 Å². The number of carboxylic acid groups (broad SMARTS) is 1. The molecule has 0 saturated heterocycles. The number of aryl methyl sites for hydroxylation is 1. The molecule has 1 aromatic carbocycles. The number of benzene rings is 1. The van der Waals surface area contributed by atoms with Crippen LogP contribution in [0.15, 0.2) is 24.3 Å². The Morgan fingerprint density at radius 1 is 1.39 bits per heavy atom. The maximum atomic E-state index is 11.4. The largest absolute Gasteiger partial charge is 0.479 e. The number of carbonyl (C=O) groups is 2. The van der Waals surface area contributed by atoms with Crippen molar-refractivity contribution in [1.29, 1.82) is 0 Å². The Balaban J connectivity index is 2.32. The first-order chi connectivity index (χ1) is 8.49. The molecule has 0 aromatic heterocycles. The Hall–Kier alpha value is -2.08. The number of rotatable bonds is 5. The summed E-state index contributed by atoms with van der Waals surface area (Å²) in [7, 11) is 0. The van der Waals surface area contributed by atoms with Gasteiger partial charge in [0, 0.05) is 18.7 Å². The van der Waals surface area contributed by atoms with E-state index in [1.807, 2.05) is 25.1 Å². The highest BCUT2D eigenvalue weighted by Gasteiger charge is 2.12. The van der Waals surface area contributed by atoms with Crippen molar-refractivity contribution in [2.24, 2.45) is 0 Å². The van der Waals surface area contributed by atoms with Gasteiger partial charge in [0.05, 0.1) is 0 Å². The molecule has 0 aliphatic carbocycles. The average Bonchev–Trinajstić information content (AvgIpc) is 2.28. The molecule has 1 rings (SSSR count). The van der Waals surface area contributed by atoms with E-state index in [-0.39, 0.29) is 13.0 Å². The molecule has 0 fully saturated rings. The highest BCUT2D eigenvalue weighted by Crippen LogP contribution is 2.08. The van der Waals surface area contributed by atoms with Gasteiger partial charge in [0.15, 0.2) is 6.10 Å². The SMILES string of the molecule is Cc1cccc(NC(=O)NCC[C@H](O)C(=O)O)c1. The van der Waals surface area contributed by atoms with E-state index in [4.69, 9.17) is 10.2 Å². The summed E-state index contributed by atoms with van der Waals surface area (Å²) in [6.45, 7) is 2.00. The van der Waals surface area contributed by atoms with Gasteiger partial charge in [-0.3, -0.25) is 0 Å². The van der Waals surface area contributed by atoms with Crippen molar-refractivity contribution in [3.05, 3.63) is 29.8 Å². The second-order valence-corrected chi connectivity index (χ2v) is 3.89. The quantitative estimate of drug-likeness (QED) is 0.627. The van der Waals surface area contributed by atoms with E-state index in [1.54, 1.807) is 6.07 Å². The van der Waals surface area contributed by atoms with Gasteiger partial charge in [-0.1, -0.05) is 12.1 Å². The molecule has 6 heteroatoms. The number of hydrogen-bond acceptors (Lipinski definition) is 3. The minimum Gasteiger partial charge on any atom is -0.479 e. The molecule has 0 aliphatic heterocycles. The van der Waals surface area contributed by atoms with Gasteiger partial charge < -0.3 is 20.8 Å². The number of carboxylic acids is 1. The first-order valence-electron chi connectivity index (χ1n) is 5.51. The Kier molecular flexibility index (Phi) is 5.13. The van der Waals surface area contributed by atoms with Crippen LogP contribution >= 0.6 is 0 Å². The van der Waals surface area contributed by atoms with Crippen molar-refractivity contribution in [3.8, 4) is 0 Å². The highest BCUT2D eigenvalue weighted by atomic mass is 16.4. The van der Waals surface area contributed by atoms with Crippen LogP contribution in [-0.2, 0) is 4.79 Å². The lowest BCUT2D eigenvalue weighted by molar-refractivity contribution is -0.146. The summed E-state index contributed by atoms with van der Waals surface area (Å²) in [5.41, 5.74) is 1.68. The monoisotopic (exact) mass is 252 g/mol. The minimum atomic E-state index is -1.45. The number of anilines is 1. The fourth-order valence-electron chi connectivity index (χ4n) is 1.34. The van der Waals surface area contributed by atoms with Gasteiger partial charge >= 0.3 is 12.0 Å². The van der Waals surface area contributed by atoms with Gasteiger partial charge in [-0.25, -0.2) is 9.59 Å². The van der Waals surface area contributed by atoms with Crippen LogP contribution < -0.4 is 10.6 Å². The molecular weight excluding hydrogens is 236 g/mol. The number of aliphatic hydroxyl groups excluding tert-OH is 1. The summed E-state index contributed by atoms with van der Waals surface area (Å²) in [5, 5.41) is 22.5. The molecule has 0 heterocycles. The molecule has 0 radical (unpaired) electrons. The topological polar surface area (TPSA) is 98.7 Å². The van der Waals surface area contributed by atoms with Crippen molar-refractivity contribution < 1.29 is 19.8 Å². The molecule has 0 unspecified atom stereocenters. The van der Waals surface area contributed by atoms with Crippen molar-refractivity contribution in [2.75, 3.05) is 11.9 Å². The average molecular weight is 252 g/mol. The Bertz CT molecular complexity index is 434. The third-order valence-electron chi connectivity index (χ3n) is 2.26. The lowest BCUT2D eigenvalue weighted by Crippen LogP contribution is -2.33. The zero-order valence-corrected chi connectivity index (χ0v) is 10.0. The van der Waals surface area contributed by atoms with Gasteiger partial charge in [0.1, 0.15) is 0 Å². The van der Waals surface area contributed by atoms with E-state index in [0.717, 1.165) is 5.56 Å². The molecule has 1 atom stereocenters. The normalized spacial score (nSPS) is 11.7. The van der Waals surface area contributed by atoms with E-state index < -0.39 is 18.1 Å². The maximum absolute atomic E-state index is 11.4. The van der Waals surface area contributed by atoms with Crippen LogP contribution in [0, 0.1) is 6.92 Å². The van der Waals surface area contributed by atoms with E-state index in [2.05, 4.69) is 10.6 Å². The van der Waals surface area contributed by atoms with Crippen LogP contribution in [0.1, 0.15) is 12.0 Å². The van der Waals surface area contributed by atoms with Crippen molar-refractivity contribution in [2.45, 2.75) is 19.4 Å². The number of aliphatic hydroxyl groups is 1. The van der Waals surface area contributed by atoms with Gasteiger partial charge in [-0.05, 0) is 24.6 Å². The fraction of sp³-hybridized carbons (Fsp3) is 0.333. The van der Waals surface area contributed by atoms with Crippen molar-refractivity contribution in [3.63, 3.8) is 0 Å². The fourth-order valence-corrected chi connectivity index (χ4v) is 1.34. The van der Waals surface area contributed by atoms with Crippen LogP contribution in [0.2, 0.25) is 0 Å². The molecule has 0 aliphatic rings. The second kappa shape index (κ2) is 6.61. The first-order valence-corrected chi connectivity index (χ1v) is 5.51. The molecule has 0 spiro atoms. The molecule has 0 saturated carbocycles. The molecule has 98 valence electrons. The number of amides is 2. The van der Waals surface area contributed by atoms with Gasteiger partial charge in [-0.2, -0.15) is 0 Å². The molecule has 18 heavy (non-hydrogen) atoms. The summed E-state index contributed by atoms with van der Waals surface area (Å²) in [6, 6.07) is 6.86. The third kappa shape index (κ3) is 4.84. The number of nitrogens with one attached hydrogen (secondary N) is 2. The van der Waals surface area contributed by atoms with Crippen LogP contribution in [0.4, 0.5) is 10.5 Å². The van der Waals surface area contributed by atoms with Gasteiger partial charge in [0.25, 0.3) is 0 Å². The Labute approximate surface area is 105 Å². The first kappa shape index (κ1) is 14.0. The van der Waals surface area contributed by atoms with E-state index in [9.17, 15) is 9.59 Å². The molecular formula is C12H16N2O4. The smallest absolute Gasteiger partial charge is 0.332 e. The van der Waals surface area contributed by atoms with Crippen molar-refractivity contribution >= 4 is 17.7 Å². The van der Waals surface area contributed by atoms with Gasteiger partial charge in [0.2, 0.25) is 0 Å². The van der Waals surface area contributed by atoms with E-state index in [1.165, 1.54) is 0 Å². The molecule has 6 nitrogen and oxygen atoms in total. The van der Waals surface area contributed by atoms with Crippen LogP contribution in [0.3, 0.4) is 0 Å². The minimum absolute atomic E-state index is 0.0312. The van der Waals surface area contributed by atoms with Gasteiger partial charge in [-0.15, -0.1) is 0 Å². The van der Waals surface area contributed by atoms with Crippen LogP contribution in [0.5, 0.6) is 0 Å².